The van der Waals surface area contributed by atoms with Gasteiger partial charge < -0.3 is 5.11 Å². The van der Waals surface area contributed by atoms with Gasteiger partial charge >= 0.3 is 0 Å². The van der Waals surface area contributed by atoms with E-state index in [-0.39, 0.29) is 17.9 Å². The molecule has 0 saturated carbocycles. The Morgan fingerprint density at radius 3 is 2.67 bits per heavy atom. The number of aromatic nitrogens is 2. The van der Waals surface area contributed by atoms with E-state index in [9.17, 15) is 14.3 Å². The summed E-state index contributed by atoms with van der Waals surface area (Å²) in [5.41, 5.74) is 1.63. The molecule has 1 unspecified atom stereocenters. The number of hydrogen-bond acceptors (Lipinski definition) is 4. The third-order valence-electron chi connectivity index (χ3n) is 3.80. The molecule has 0 fully saturated rings. The first-order valence-electron chi connectivity index (χ1n) is 7.53. The van der Waals surface area contributed by atoms with Crippen LogP contribution in [0.3, 0.4) is 0 Å². The minimum absolute atomic E-state index is 0.0174. The Kier molecular flexibility index (Phi) is 4.59. The lowest BCUT2D eigenvalue weighted by atomic mass is 10.0. The molecule has 0 aliphatic carbocycles. The summed E-state index contributed by atoms with van der Waals surface area (Å²) in [6.45, 7) is 3.75. The fraction of sp³-hybridized carbons (Fsp3) is 0.222. The number of nitrogens with zero attached hydrogens (tertiary/aromatic N) is 2. The molecule has 0 amide bonds. The van der Waals surface area contributed by atoms with E-state index in [4.69, 9.17) is 0 Å². The number of aliphatic hydroxyl groups is 1. The molecule has 0 bridgehead atoms. The highest BCUT2D eigenvalue weighted by Gasteiger charge is 2.14. The number of halogens is 1. The molecule has 3 rings (SSSR count). The summed E-state index contributed by atoms with van der Waals surface area (Å²) < 4.78 is 14.4. The number of thiophene rings is 1. The summed E-state index contributed by atoms with van der Waals surface area (Å²) in [7, 11) is 0. The van der Waals surface area contributed by atoms with Crippen molar-refractivity contribution in [1.82, 2.24) is 9.78 Å². The lowest BCUT2D eigenvalue weighted by molar-refractivity contribution is 0.148. The van der Waals surface area contributed by atoms with Gasteiger partial charge in [-0.15, -0.1) is 11.3 Å². The number of benzene rings is 1. The van der Waals surface area contributed by atoms with Crippen molar-refractivity contribution in [3.8, 4) is 10.6 Å². The second-order valence-electron chi connectivity index (χ2n) is 5.67. The van der Waals surface area contributed by atoms with Crippen molar-refractivity contribution < 1.29 is 9.50 Å². The fourth-order valence-electron chi connectivity index (χ4n) is 2.56. The fourth-order valence-corrected chi connectivity index (χ4v) is 3.39. The maximum atomic E-state index is 13.2. The Labute approximate surface area is 142 Å². The zero-order valence-electron chi connectivity index (χ0n) is 13.4. The number of aliphatic hydroxyl groups excluding tert-OH is 1. The summed E-state index contributed by atoms with van der Waals surface area (Å²) in [5, 5.41) is 14.8. The van der Waals surface area contributed by atoms with Crippen LogP contribution in [0.25, 0.3) is 10.6 Å². The molecule has 0 spiro atoms. The van der Waals surface area contributed by atoms with Gasteiger partial charge in [-0.1, -0.05) is 6.07 Å². The van der Waals surface area contributed by atoms with Gasteiger partial charge in [0.05, 0.1) is 17.5 Å². The summed E-state index contributed by atoms with van der Waals surface area (Å²) in [4.78, 5) is 14.2. The number of aryl methyl sites for hydroxylation is 2. The molecule has 0 aliphatic heterocycles. The molecular weight excluding hydrogens is 327 g/mol. The van der Waals surface area contributed by atoms with Crippen molar-refractivity contribution in [3.05, 3.63) is 74.6 Å². The first kappa shape index (κ1) is 16.5. The predicted octanol–water partition coefficient (Wildman–Crippen LogP) is 3.46. The first-order valence-corrected chi connectivity index (χ1v) is 8.35. The van der Waals surface area contributed by atoms with Crippen LogP contribution in [0.5, 0.6) is 0 Å². The summed E-state index contributed by atoms with van der Waals surface area (Å²) in [6.07, 6.45) is -0.934. The maximum absolute atomic E-state index is 13.2. The Hall–Kier alpha value is -2.31. The SMILES string of the molecule is Cc1ccc(-c2ccc(=O)n(CC(O)c3ccc(F)cc3C)n2)s1. The zero-order valence-corrected chi connectivity index (χ0v) is 14.2. The zero-order chi connectivity index (χ0) is 17.3. The van der Waals surface area contributed by atoms with Gasteiger partial charge in [0, 0.05) is 10.9 Å². The minimum atomic E-state index is -0.934. The van der Waals surface area contributed by atoms with Gasteiger partial charge in [0.1, 0.15) is 11.5 Å². The van der Waals surface area contributed by atoms with Crippen molar-refractivity contribution >= 4 is 11.3 Å². The van der Waals surface area contributed by atoms with Gasteiger partial charge in [-0.25, -0.2) is 9.07 Å². The van der Waals surface area contributed by atoms with Crippen LogP contribution in [0.1, 0.15) is 22.1 Å². The third kappa shape index (κ3) is 3.44. The van der Waals surface area contributed by atoms with E-state index in [1.54, 1.807) is 24.3 Å². The Morgan fingerprint density at radius 1 is 1.21 bits per heavy atom. The second kappa shape index (κ2) is 6.67. The van der Waals surface area contributed by atoms with Crippen molar-refractivity contribution in [2.75, 3.05) is 0 Å². The van der Waals surface area contributed by atoms with E-state index in [0.29, 0.717) is 16.8 Å². The van der Waals surface area contributed by atoms with E-state index in [1.807, 2.05) is 19.1 Å². The van der Waals surface area contributed by atoms with Crippen molar-refractivity contribution in [1.29, 1.82) is 0 Å². The highest BCUT2D eigenvalue weighted by molar-refractivity contribution is 7.15. The van der Waals surface area contributed by atoms with Gasteiger partial charge in [0.15, 0.2) is 0 Å². The van der Waals surface area contributed by atoms with Crippen molar-refractivity contribution in [3.63, 3.8) is 0 Å². The van der Waals surface area contributed by atoms with E-state index in [1.165, 1.54) is 28.9 Å². The molecule has 24 heavy (non-hydrogen) atoms. The normalized spacial score (nSPS) is 12.3. The van der Waals surface area contributed by atoms with Gasteiger partial charge in [0.2, 0.25) is 0 Å². The van der Waals surface area contributed by atoms with Crippen molar-refractivity contribution in [2.45, 2.75) is 26.5 Å². The molecule has 124 valence electrons. The maximum Gasteiger partial charge on any atom is 0.266 e. The number of rotatable bonds is 4. The van der Waals surface area contributed by atoms with Crippen LogP contribution in [0, 0.1) is 19.7 Å². The highest BCUT2D eigenvalue weighted by atomic mass is 32.1. The van der Waals surface area contributed by atoms with E-state index < -0.39 is 6.10 Å². The summed E-state index contributed by atoms with van der Waals surface area (Å²) in [6, 6.07) is 11.3. The van der Waals surface area contributed by atoms with E-state index in [0.717, 1.165) is 9.75 Å². The highest BCUT2D eigenvalue weighted by Crippen LogP contribution is 2.25. The topological polar surface area (TPSA) is 55.1 Å². The molecule has 1 atom stereocenters. The Balaban J connectivity index is 1.90. The van der Waals surface area contributed by atoms with Gasteiger partial charge in [0.25, 0.3) is 5.56 Å². The Bertz CT molecular complexity index is 933. The lowest BCUT2D eigenvalue weighted by Gasteiger charge is -2.15. The van der Waals surface area contributed by atoms with Crippen LogP contribution in [-0.4, -0.2) is 14.9 Å². The smallest absolute Gasteiger partial charge is 0.266 e. The van der Waals surface area contributed by atoms with Gasteiger partial charge in [-0.3, -0.25) is 4.79 Å². The standard InChI is InChI=1S/C18H17FN2O2S/c1-11-9-13(19)4-5-14(11)16(22)10-21-18(23)8-6-15(20-21)17-7-3-12(2)24-17/h3-9,16,22H,10H2,1-2H3. The van der Waals surface area contributed by atoms with Crippen LogP contribution >= 0.6 is 11.3 Å². The molecule has 1 N–H and O–H groups in total. The van der Waals surface area contributed by atoms with Crippen LogP contribution in [0.2, 0.25) is 0 Å². The molecule has 0 saturated heterocycles. The van der Waals surface area contributed by atoms with E-state index >= 15 is 0 Å². The quantitative estimate of drug-likeness (QED) is 0.788. The molecule has 6 heteroatoms. The molecule has 0 radical (unpaired) electrons. The Morgan fingerprint density at radius 2 is 2.00 bits per heavy atom. The second-order valence-corrected chi connectivity index (χ2v) is 6.95. The summed E-state index contributed by atoms with van der Waals surface area (Å²) in [5.74, 6) is -0.353. The van der Waals surface area contributed by atoms with Crippen LogP contribution in [-0.2, 0) is 6.54 Å². The molecule has 0 aliphatic rings. The number of hydrogen-bond donors (Lipinski definition) is 1. The van der Waals surface area contributed by atoms with Gasteiger partial charge in [-0.05, 0) is 55.3 Å². The minimum Gasteiger partial charge on any atom is -0.386 e. The third-order valence-corrected chi connectivity index (χ3v) is 4.82. The predicted molar refractivity (Wildman–Crippen MR) is 92.6 cm³/mol. The average molecular weight is 344 g/mol. The lowest BCUT2D eigenvalue weighted by Crippen LogP contribution is -2.25. The molecule has 2 aromatic heterocycles. The molecule has 1 aromatic carbocycles. The molecule has 2 heterocycles. The first-order chi connectivity index (χ1) is 11.4. The molecule has 3 aromatic rings. The summed E-state index contributed by atoms with van der Waals surface area (Å²) >= 11 is 1.59. The monoisotopic (exact) mass is 344 g/mol. The van der Waals surface area contributed by atoms with E-state index in [2.05, 4.69) is 5.10 Å². The van der Waals surface area contributed by atoms with Crippen LogP contribution in [0.15, 0.2) is 47.3 Å². The van der Waals surface area contributed by atoms with Crippen LogP contribution in [0.4, 0.5) is 4.39 Å². The van der Waals surface area contributed by atoms with Gasteiger partial charge in [-0.2, -0.15) is 5.10 Å². The largest absolute Gasteiger partial charge is 0.386 e. The van der Waals surface area contributed by atoms with Crippen molar-refractivity contribution in [2.24, 2.45) is 0 Å². The van der Waals surface area contributed by atoms with Crippen LogP contribution < -0.4 is 5.56 Å². The molecule has 4 nitrogen and oxygen atoms in total. The average Bonchev–Trinajstić information content (AvgIpc) is 2.96. The molecular formula is C18H17FN2O2S.